The molecule has 17 heavy (non-hydrogen) atoms. The van der Waals surface area contributed by atoms with Gasteiger partial charge in [0.1, 0.15) is 0 Å². The summed E-state index contributed by atoms with van der Waals surface area (Å²) in [6.07, 6.45) is 11.2. The van der Waals surface area contributed by atoms with Crippen molar-refractivity contribution in [3.05, 3.63) is 29.8 Å². The van der Waals surface area contributed by atoms with Gasteiger partial charge < -0.3 is 5.32 Å². The van der Waals surface area contributed by atoms with Crippen molar-refractivity contribution in [2.75, 3.05) is 6.54 Å². The first-order valence-corrected chi connectivity index (χ1v) is 7.35. The molecule has 0 spiro atoms. The van der Waals surface area contributed by atoms with Gasteiger partial charge in [0.15, 0.2) is 0 Å². The minimum absolute atomic E-state index is 1.03. The van der Waals surface area contributed by atoms with Crippen molar-refractivity contribution in [2.24, 2.45) is 0 Å². The highest BCUT2D eigenvalue weighted by Crippen LogP contribution is 2.08. The molecule has 0 atom stereocenters. The molecule has 1 heteroatoms. The van der Waals surface area contributed by atoms with Crippen LogP contribution in [-0.4, -0.2) is 6.54 Å². The molecule has 98 valence electrons. The van der Waals surface area contributed by atoms with Crippen molar-refractivity contribution < 1.29 is 0 Å². The monoisotopic (exact) mass is 234 g/mol. The van der Waals surface area contributed by atoms with Gasteiger partial charge in [0.25, 0.3) is 0 Å². The maximum atomic E-state index is 3.50. The minimum Gasteiger partial charge on any atom is -0.325 e. The third kappa shape index (κ3) is 8.09. The molecule has 0 aliphatic rings. The quantitative estimate of drug-likeness (QED) is 0.434. The van der Waals surface area contributed by atoms with Gasteiger partial charge in [-0.05, 0) is 19.5 Å². The number of rotatable bonds is 11. The molecule has 0 saturated carbocycles. The van der Waals surface area contributed by atoms with E-state index in [2.05, 4.69) is 36.5 Å². The molecule has 0 saturated heterocycles. The Morgan fingerprint density at radius 1 is 1.00 bits per heavy atom. The smallest absolute Gasteiger partial charge is 0.00569 e. The first-order chi connectivity index (χ1) is 8.43. The van der Waals surface area contributed by atoms with E-state index in [9.17, 15) is 0 Å². The van der Waals surface area contributed by atoms with Crippen LogP contribution in [-0.2, 0) is 6.54 Å². The third-order valence-electron chi connectivity index (χ3n) is 3.27. The van der Waals surface area contributed by atoms with E-state index < -0.39 is 0 Å². The van der Waals surface area contributed by atoms with Gasteiger partial charge in [-0.2, -0.15) is 23.8 Å². The Kier molecular flexibility index (Phi) is 8.85. The van der Waals surface area contributed by atoms with Crippen LogP contribution in [0.15, 0.2) is 24.3 Å². The van der Waals surface area contributed by atoms with Gasteiger partial charge in [-0.25, -0.2) is 6.07 Å². The van der Waals surface area contributed by atoms with Crippen molar-refractivity contribution >= 4 is 0 Å². The summed E-state index contributed by atoms with van der Waals surface area (Å²) in [5, 5.41) is 3.50. The van der Waals surface area contributed by atoms with Gasteiger partial charge in [-0.3, -0.25) is 0 Å². The molecule has 0 aromatic heterocycles. The Morgan fingerprint density at radius 2 is 1.71 bits per heavy atom. The normalized spacial score (nSPS) is 10.9. The lowest BCUT2D eigenvalue weighted by Crippen LogP contribution is -2.13. The molecule has 0 radical (unpaired) electrons. The van der Waals surface area contributed by atoms with Crippen molar-refractivity contribution in [2.45, 2.75) is 64.8 Å². The van der Waals surface area contributed by atoms with Gasteiger partial charge in [-0.1, -0.05) is 51.9 Å². The highest BCUT2D eigenvalue weighted by atomic mass is 14.8. The summed E-state index contributed by atoms with van der Waals surface area (Å²) < 4.78 is 0. The van der Waals surface area contributed by atoms with Crippen molar-refractivity contribution in [1.29, 1.82) is 0 Å². The van der Waals surface area contributed by atoms with Crippen LogP contribution >= 0.6 is 0 Å². The Hall–Kier alpha value is -0.690. The lowest BCUT2D eigenvalue weighted by Gasteiger charge is -2.07. The molecule has 0 aliphatic heterocycles. The van der Waals surface area contributed by atoms with Crippen molar-refractivity contribution in [1.82, 2.24) is 5.32 Å². The molecule has 0 aliphatic carbocycles. The van der Waals surface area contributed by atoms with Gasteiger partial charge in [0.2, 0.25) is 0 Å². The van der Waals surface area contributed by atoms with Crippen LogP contribution in [0.4, 0.5) is 0 Å². The van der Waals surface area contributed by atoms with Crippen LogP contribution in [0.25, 0.3) is 0 Å². The predicted octanol–water partition coefficient (Wildman–Crippen LogP) is 4.64. The van der Waals surface area contributed by atoms with E-state index in [1.54, 1.807) is 0 Å². The summed E-state index contributed by atoms with van der Waals surface area (Å²) in [5.74, 6) is 0. The maximum absolute atomic E-state index is 3.50. The van der Waals surface area contributed by atoms with Gasteiger partial charge in [-0.15, -0.1) is 0 Å². The number of hydrogen-bond donors (Lipinski definition) is 1. The number of nitrogens with one attached hydrogen (secondary N) is 1. The highest BCUT2D eigenvalue weighted by molar-refractivity contribution is 5.15. The summed E-state index contributed by atoms with van der Waals surface area (Å²) in [7, 11) is 0. The summed E-state index contributed by atoms with van der Waals surface area (Å²) in [6, 6.07) is 8.57. The Morgan fingerprint density at radius 3 is 2.35 bits per heavy atom. The molecule has 0 unspecified atom stereocenters. The fraction of sp³-hybridized carbons (Fsp3) is 0.688. The number of unbranched alkanes of at least 4 members (excludes halogenated alkanes) is 7. The topological polar surface area (TPSA) is 12.0 Å². The molecule has 1 rings (SSSR count). The van der Waals surface area contributed by atoms with Gasteiger partial charge >= 0.3 is 0 Å². The second-order valence-electron chi connectivity index (χ2n) is 4.94. The van der Waals surface area contributed by atoms with Crippen LogP contribution < -0.4 is 5.32 Å². The first kappa shape index (κ1) is 14.4. The fourth-order valence-corrected chi connectivity index (χ4v) is 2.15. The molecule has 1 N–H and O–H groups in total. The SMILES string of the molecule is CCCCCCCCCCNCc1cc[cH-]c1. The van der Waals surface area contributed by atoms with Gasteiger partial charge in [0.05, 0.1) is 0 Å². The van der Waals surface area contributed by atoms with Gasteiger partial charge in [0, 0.05) is 0 Å². The average Bonchev–Trinajstić information content (AvgIpc) is 2.85. The van der Waals surface area contributed by atoms with Crippen molar-refractivity contribution in [3.63, 3.8) is 0 Å². The molecule has 0 fully saturated rings. The van der Waals surface area contributed by atoms with E-state index in [1.807, 2.05) is 0 Å². The largest absolute Gasteiger partial charge is 0.325 e. The zero-order chi connectivity index (χ0) is 12.2. The highest BCUT2D eigenvalue weighted by Gasteiger charge is 1.91. The summed E-state index contributed by atoms with van der Waals surface area (Å²) in [6.45, 7) is 4.47. The zero-order valence-corrected chi connectivity index (χ0v) is 11.4. The molecular formula is C16H28N-. The van der Waals surface area contributed by atoms with E-state index >= 15 is 0 Å². The lowest BCUT2D eigenvalue weighted by atomic mass is 10.1. The third-order valence-corrected chi connectivity index (χ3v) is 3.27. The van der Waals surface area contributed by atoms with E-state index in [0.29, 0.717) is 0 Å². The van der Waals surface area contributed by atoms with E-state index in [-0.39, 0.29) is 0 Å². The van der Waals surface area contributed by atoms with Crippen LogP contribution in [0.5, 0.6) is 0 Å². The van der Waals surface area contributed by atoms with Crippen LogP contribution in [0.3, 0.4) is 0 Å². The van der Waals surface area contributed by atoms with Crippen LogP contribution in [0, 0.1) is 0 Å². The Bertz CT molecular complexity index is 238. The molecule has 0 amide bonds. The summed E-state index contributed by atoms with van der Waals surface area (Å²) in [4.78, 5) is 0. The standard InChI is InChI=1S/C16H28N/c1-2-3-4-5-6-7-8-11-14-17-15-16-12-9-10-13-16/h9-10,12-13,17H,2-8,11,14-15H2,1H3/q-1. The lowest BCUT2D eigenvalue weighted by molar-refractivity contribution is 0.555. The van der Waals surface area contributed by atoms with Crippen molar-refractivity contribution in [3.8, 4) is 0 Å². The van der Waals surface area contributed by atoms with Crippen LogP contribution in [0.1, 0.15) is 63.9 Å². The molecular weight excluding hydrogens is 206 g/mol. The maximum Gasteiger partial charge on any atom is -0.00569 e. The molecule has 0 heterocycles. The molecule has 1 nitrogen and oxygen atoms in total. The van der Waals surface area contributed by atoms with E-state index in [0.717, 1.165) is 6.54 Å². The minimum atomic E-state index is 1.03. The molecule has 0 bridgehead atoms. The number of hydrogen-bond acceptors (Lipinski definition) is 1. The Labute approximate surface area is 107 Å². The van der Waals surface area contributed by atoms with Crippen LogP contribution in [0.2, 0.25) is 0 Å². The zero-order valence-electron chi connectivity index (χ0n) is 11.4. The second-order valence-corrected chi connectivity index (χ2v) is 4.94. The second kappa shape index (κ2) is 10.5. The average molecular weight is 234 g/mol. The fourth-order valence-electron chi connectivity index (χ4n) is 2.15. The molecule has 1 aromatic carbocycles. The first-order valence-electron chi connectivity index (χ1n) is 7.35. The molecule has 1 aromatic rings. The van der Waals surface area contributed by atoms with E-state index in [4.69, 9.17) is 0 Å². The predicted molar refractivity (Wildman–Crippen MR) is 76.4 cm³/mol. The summed E-state index contributed by atoms with van der Waals surface area (Å²) >= 11 is 0. The Balaban J connectivity index is 1.76. The van der Waals surface area contributed by atoms with E-state index in [1.165, 1.54) is 63.5 Å². The summed E-state index contributed by atoms with van der Waals surface area (Å²) in [5.41, 5.74) is 1.41.